The molecule has 3 rings (SSSR count). The number of nitrogens with zero attached hydrogens (tertiary/aromatic N) is 1. The molecule has 0 saturated heterocycles. The molecule has 6 heteroatoms. The van der Waals surface area contributed by atoms with Crippen molar-refractivity contribution in [3.63, 3.8) is 0 Å². The van der Waals surface area contributed by atoms with Crippen LogP contribution < -0.4 is 5.32 Å². The lowest BCUT2D eigenvalue weighted by Gasteiger charge is -2.02. The first-order valence-corrected chi connectivity index (χ1v) is 8.44. The minimum atomic E-state index is -0.882. The zero-order valence-electron chi connectivity index (χ0n) is 12.8. The van der Waals surface area contributed by atoms with Gasteiger partial charge in [-0.15, -0.1) is 11.3 Å². The summed E-state index contributed by atoms with van der Waals surface area (Å²) in [6, 6.07) is 8.23. The summed E-state index contributed by atoms with van der Waals surface area (Å²) in [4.78, 5) is 27.1. The van der Waals surface area contributed by atoms with Crippen LogP contribution in [0.3, 0.4) is 0 Å². The predicted molar refractivity (Wildman–Crippen MR) is 88.2 cm³/mol. The van der Waals surface area contributed by atoms with Gasteiger partial charge in [0.1, 0.15) is 5.01 Å². The second-order valence-corrected chi connectivity index (χ2v) is 6.70. The molecule has 1 saturated carbocycles. The van der Waals surface area contributed by atoms with Crippen LogP contribution in [0.1, 0.15) is 17.7 Å². The van der Waals surface area contributed by atoms with Crippen LogP contribution in [-0.2, 0) is 16.0 Å². The van der Waals surface area contributed by atoms with Gasteiger partial charge in [0, 0.05) is 23.9 Å². The molecule has 1 aromatic heterocycles. The lowest BCUT2D eigenvalue weighted by atomic mass is 10.2. The number of amides is 1. The molecule has 1 aliphatic carbocycles. The van der Waals surface area contributed by atoms with Gasteiger partial charge in [0.05, 0.1) is 17.5 Å². The summed E-state index contributed by atoms with van der Waals surface area (Å²) in [5.74, 6) is -1.90. The summed E-state index contributed by atoms with van der Waals surface area (Å²) in [7, 11) is 0. The normalized spacial score (nSPS) is 19.3. The van der Waals surface area contributed by atoms with Gasteiger partial charge in [-0.1, -0.05) is 29.8 Å². The molecule has 1 fully saturated rings. The number of carbonyl (C=O) groups is 2. The summed E-state index contributed by atoms with van der Waals surface area (Å²) >= 11 is 1.59. The Morgan fingerprint density at radius 1 is 1.30 bits per heavy atom. The van der Waals surface area contributed by atoms with Gasteiger partial charge in [0.25, 0.3) is 0 Å². The summed E-state index contributed by atoms with van der Waals surface area (Å²) < 4.78 is 0. The van der Waals surface area contributed by atoms with E-state index in [9.17, 15) is 9.59 Å². The molecule has 0 spiro atoms. The molecule has 0 bridgehead atoms. The van der Waals surface area contributed by atoms with Crippen LogP contribution in [0.5, 0.6) is 0 Å². The SMILES string of the molecule is Cc1ccc(-c2nc(CCNC(=O)[C@H]3C[C@@H]3C(=O)O)cs2)cc1. The predicted octanol–water partition coefficient (Wildman–Crippen LogP) is 2.50. The van der Waals surface area contributed by atoms with E-state index >= 15 is 0 Å². The van der Waals surface area contributed by atoms with Crippen molar-refractivity contribution < 1.29 is 14.7 Å². The average molecular weight is 330 g/mol. The number of carboxylic acids is 1. The highest BCUT2D eigenvalue weighted by atomic mass is 32.1. The number of carbonyl (C=O) groups excluding carboxylic acids is 1. The zero-order chi connectivity index (χ0) is 16.4. The molecule has 5 nitrogen and oxygen atoms in total. The number of aromatic nitrogens is 1. The molecular weight excluding hydrogens is 312 g/mol. The second kappa shape index (κ2) is 6.50. The van der Waals surface area contributed by atoms with Gasteiger partial charge >= 0.3 is 5.97 Å². The highest BCUT2D eigenvalue weighted by Gasteiger charge is 2.48. The average Bonchev–Trinajstić information content (AvgIpc) is 3.21. The van der Waals surface area contributed by atoms with Crippen molar-refractivity contribution in [3.8, 4) is 10.6 Å². The van der Waals surface area contributed by atoms with Crippen LogP contribution >= 0.6 is 11.3 Å². The van der Waals surface area contributed by atoms with E-state index in [-0.39, 0.29) is 11.8 Å². The van der Waals surface area contributed by atoms with E-state index in [1.54, 1.807) is 11.3 Å². The first-order chi connectivity index (χ1) is 11.0. The Bertz CT molecular complexity index is 724. The van der Waals surface area contributed by atoms with E-state index in [0.717, 1.165) is 16.3 Å². The van der Waals surface area contributed by atoms with Crippen LogP contribution in [0, 0.1) is 18.8 Å². The van der Waals surface area contributed by atoms with E-state index in [1.165, 1.54) is 5.56 Å². The fourth-order valence-corrected chi connectivity index (χ4v) is 3.31. The minimum absolute atomic E-state index is 0.161. The van der Waals surface area contributed by atoms with Crippen molar-refractivity contribution in [1.82, 2.24) is 10.3 Å². The third kappa shape index (κ3) is 3.76. The maximum atomic E-state index is 11.8. The topological polar surface area (TPSA) is 79.3 Å². The first kappa shape index (κ1) is 15.7. The number of benzene rings is 1. The van der Waals surface area contributed by atoms with E-state index in [2.05, 4.69) is 41.5 Å². The standard InChI is InChI=1S/C17H18N2O3S/c1-10-2-4-11(5-3-10)16-19-12(9-23-16)6-7-18-15(20)13-8-14(13)17(21)22/h2-5,9,13-14H,6-8H2,1H3,(H,18,20)(H,21,22)/t13-,14-/m0/s1. The Morgan fingerprint density at radius 2 is 2.04 bits per heavy atom. The van der Waals surface area contributed by atoms with Gasteiger partial charge in [0.2, 0.25) is 5.91 Å². The number of aliphatic carboxylic acids is 1. The number of hydrogen-bond donors (Lipinski definition) is 2. The smallest absolute Gasteiger partial charge is 0.307 e. The monoisotopic (exact) mass is 330 g/mol. The Balaban J connectivity index is 1.49. The van der Waals surface area contributed by atoms with Crippen molar-refractivity contribution in [1.29, 1.82) is 0 Å². The first-order valence-electron chi connectivity index (χ1n) is 7.56. The van der Waals surface area contributed by atoms with Crippen LogP contribution in [0.15, 0.2) is 29.6 Å². The van der Waals surface area contributed by atoms with Gasteiger partial charge in [-0.05, 0) is 13.3 Å². The lowest BCUT2D eigenvalue weighted by Crippen LogP contribution is -2.28. The summed E-state index contributed by atoms with van der Waals surface area (Å²) in [5.41, 5.74) is 3.25. The van der Waals surface area contributed by atoms with E-state index in [4.69, 9.17) is 5.11 Å². The molecule has 120 valence electrons. The van der Waals surface area contributed by atoms with Gasteiger partial charge in [0.15, 0.2) is 0 Å². The fourth-order valence-electron chi connectivity index (χ4n) is 2.45. The third-order valence-electron chi connectivity index (χ3n) is 3.98. The molecule has 0 unspecified atom stereocenters. The molecule has 1 heterocycles. The number of nitrogens with one attached hydrogen (secondary N) is 1. The van der Waals surface area contributed by atoms with E-state index in [1.807, 2.05) is 5.38 Å². The van der Waals surface area contributed by atoms with Gasteiger partial charge in [-0.25, -0.2) is 4.98 Å². The van der Waals surface area contributed by atoms with E-state index in [0.29, 0.717) is 19.4 Å². The summed E-state index contributed by atoms with van der Waals surface area (Å²) in [5, 5.41) is 14.6. The molecule has 23 heavy (non-hydrogen) atoms. The molecule has 1 aromatic carbocycles. The Labute approximate surface area is 138 Å². The van der Waals surface area contributed by atoms with Gasteiger partial charge in [-0.3, -0.25) is 9.59 Å². The fraction of sp³-hybridized carbons (Fsp3) is 0.353. The van der Waals surface area contributed by atoms with Crippen LogP contribution in [0.25, 0.3) is 10.6 Å². The number of hydrogen-bond acceptors (Lipinski definition) is 4. The second-order valence-electron chi connectivity index (χ2n) is 5.84. The lowest BCUT2D eigenvalue weighted by molar-refractivity contribution is -0.140. The molecule has 1 amide bonds. The third-order valence-corrected chi connectivity index (χ3v) is 4.92. The van der Waals surface area contributed by atoms with Gasteiger partial charge < -0.3 is 10.4 Å². The molecule has 2 N–H and O–H groups in total. The Morgan fingerprint density at radius 3 is 2.70 bits per heavy atom. The molecule has 2 aromatic rings. The van der Waals surface area contributed by atoms with Crippen LogP contribution in [0.2, 0.25) is 0 Å². The number of rotatable bonds is 6. The summed E-state index contributed by atoms with van der Waals surface area (Å²) in [6.07, 6.45) is 1.11. The maximum absolute atomic E-state index is 11.8. The zero-order valence-corrected chi connectivity index (χ0v) is 13.6. The quantitative estimate of drug-likeness (QED) is 0.853. The maximum Gasteiger partial charge on any atom is 0.307 e. The van der Waals surface area contributed by atoms with Crippen molar-refractivity contribution in [3.05, 3.63) is 40.9 Å². The highest BCUT2D eigenvalue weighted by Crippen LogP contribution is 2.38. The summed E-state index contributed by atoms with van der Waals surface area (Å²) in [6.45, 7) is 2.53. The van der Waals surface area contributed by atoms with Crippen molar-refractivity contribution in [2.45, 2.75) is 19.8 Å². The Hall–Kier alpha value is -2.21. The van der Waals surface area contributed by atoms with Crippen LogP contribution in [-0.4, -0.2) is 28.5 Å². The van der Waals surface area contributed by atoms with Crippen LogP contribution in [0.4, 0.5) is 0 Å². The Kier molecular flexibility index (Phi) is 4.43. The van der Waals surface area contributed by atoms with E-state index < -0.39 is 11.9 Å². The number of aryl methyl sites for hydroxylation is 1. The van der Waals surface area contributed by atoms with Crippen molar-refractivity contribution >= 4 is 23.2 Å². The highest BCUT2D eigenvalue weighted by molar-refractivity contribution is 7.13. The van der Waals surface area contributed by atoms with Gasteiger partial charge in [-0.2, -0.15) is 0 Å². The van der Waals surface area contributed by atoms with Crippen molar-refractivity contribution in [2.75, 3.05) is 6.54 Å². The molecular formula is C17H18N2O3S. The minimum Gasteiger partial charge on any atom is -0.481 e. The van der Waals surface area contributed by atoms with Crippen molar-refractivity contribution in [2.24, 2.45) is 11.8 Å². The largest absolute Gasteiger partial charge is 0.481 e. The number of carboxylic acid groups (broad SMARTS) is 1. The number of thiazole rings is 1. The molecule has 0 aliphatic heterocycles. The molecule has 2 atom stereocenters. The molecule has 1 aliphatic rings. The molecule has 0 radical (unpaired) electrons.